The SMILES string of the molecule is CN1CCc2cc(C(C(N)=O)N3CCNCC3)ccc21. The molecule has 2 aliphatic rings. The average Bonchev–Trinajstić information content (AvgIpc) is 2.81. The normalized spacial score (nSPS) is 20.8. The predicted molar refractivity (Wildman–Crippen MR) is 79.8 cm³/mol. The van der Waals surface area contributed by atoms with Crippen molar-refractivity contribution in [1.82, 2.24) is 10.2 Å². The summed E-state index contributed by atoms with van der Waals surface area (Å²) in [6.07, 6.45) is 1.05. The summed E-state index contributed by atoms with van der Waals surface area (Å²) < 4.78 is 0. The van der Waals surface area contributed by atoms with E-state index in [1.807, 2.05) is 0 Å². The van der Waals surface area contributed by atoms with Crippen molar-refractivity contribution in [2.75, 3.05) is 44.7 Å². The number of nitrogens with zero attached hydrogens (tertiary/aromatic N) is 2. The lowest BCUT2D eigenvalue weighted by Gasteiger charge is -2.33. The topological polar surface area (TPSA) is 61.6 Å². The molecule has 1 aromatic rings. The van der Waals surface area contributed by atoms with Crippen molar-refractivity contribution in [3.63, 3.8) is 0 Å². The quantitative estimate of drug-likeness (QED) is 0.821. The molecule has 5 heteroatoms. The molecular weight excluding hydrogens is 252 g/mol. The molecule has 1 amide bonds. The Morgan fingerprint density at radius 1 is 1.30 bits per heavy atom. The van der Waals surface area contributed by atoms with Crippen molar-refractivity contribution in [2.45, 2.75) is 12.5 Å². The van der Waals surface area contributed by atoms with Gasteiger partial charge in [0, 0.05) is 45.5 Å². The van der Waals surface area contributed by atoms with Gasteiger partial charge in [-0.25, -0.2) is 0 Å². The van der Waals surface area contributed by atoms with Crippen LogP contribution in [-0.4, -0.2) is 50.6 Å². The van der Waals surface area contributed by atoms with Gasteiger partial charge in [-0.3, -0.25) is 9.69 Å². The van der Waals surface area contributed by atoms with Gasteiger partial charge in [0.2, 0.25) is 5.91 Å². The van der Waals surface area contributed by atoms with E-state index in [1.165, 1.54) is 11.3 Å². The van der Waals surface area contributed by atoms with Gasteiger partial charge in [0.05, 0.1) is 0 Å². The summed E-state index contributed by atoms with van der Waals surface area (Å²) in [4.78, 5) is 16.3. The fourth-order valence-corrected chi connectivity index (χ4v) is 3.25. The second kappa shape index (κ2) is 5.42. The van der Waals surface area contributed by atoms with Gasteiger partial charge in [-0.2, -0.15) is 0 Å². The van der Waals surface area contributed by atoms with Gasteiger partial charge < -0.3 is 16.0 Å². The van der Waals surface area contributed by atoms with E-state index in [4.69, 9.17) is 5.73 Å². The Bertz CT molecular complexity index is 511. The highest BCUT2D eigenvalue weighted by atomic mass is 16.1. The Morgan fingerprint density at radius 2 is 2.05 bits per heavy atom. The molecular formula is C15H22N4O. The molecule has 108 valence electrons. The number of carbonyl (C=O) groups excluding carboxylic acids is 1. The first kappa shape index (κ1) is 13.4. The minimum Gasteiger partial charge on any atom is -0.374 e. The Kier molecular flexibility index (Phi) is 3.63. The van der Waals surface area contributed by atoms with Gasteiger partial charge in [-0.15, -0.1) is 0 Å². The molecule has 3 rings (SSSR count). The summed E-state index contributed by atoms with van der Waals surface area (Å²) in [7, 11) is 2.10. The Hall–Kier alpha value is -1.59. The molecule has 0 saturated carbocycles. The van der Waals surface area contributed by atoms with Crippen LogP contribution in [0.5, 0.6) is 0 Å². The molecule has 0 bridgehead atoms. The third-order valence-electron chi connectivity index (χ3n) is 4.33. The van der Waals surface area contributed by atoms with E-state index >= 15 is 0 Å². The maximum absolute atomic E-state index is 11.9. The third-order valence-corrected chi connectivity index (χ3v) is 4.33. The van der Waals surface area contributed by atoms with Crippen LogP contribution >= 0.6 is 0 Å². The molecule has 2 heterocycles. The van der Waals surface area contributed by atoms with Crippen LogP contribution in [0.15, 0.2) is 18.2 Å². The number of likely N-dealkylation sites (N-methyl/N-ethyl adjacent to an activating group) is 1. The minimum absolute atomic E-state index is 0.252. The molecule has 1 atom stereocenters. The van der Waals surface area contributed by atoms with Gasteiger partial charge in [0.15, 0.2) is 0 Å². The number of benzene rings is 1. The summed E-state index contributed by atoms with van der Waals surface area (Å²) >= 11 is 0. The second-order valence-electron chi connectivity index (χ2n) is 5.65. The van der Waals surface area contributed by atoms with E-state index in [9.17, 15) is 4.79 Å². The van der Waals surface area contributed by atoms with Gasteiger partial charge >= 0.3 is 0 Å². The summed E-state index contributed by atoms with van der Waals surface area (Å²) in [5.74, 6) is -0.252. The number of piperazine rings is 1. The number of carbonyl (C=O) groups is 1. The molecule has 0 aliphatic carbocycles. The molecule has 1 saturated heterocycles. The van der Waals surface area contributed by atoms with E-state index in [2.05, 4.69) is 40.4 Å². The van der Waals surface area contributed by atoms with Crippen LogP contribution in [0.2, 0.25) is 0 Å². The summed E-state index contributed by atoms with van der Waals surface area (Å²) in [5, 5.41) is 3.31. The van der Waals surface area contributed by atoms with Gasteiger partial charge in [0.1, 0.15) is 6.04 Å². The second-order valence-corrected chi connectivity index (χ2v) is 5.65. The molecule has 1 unspecified atom stereocenters. The fourth-order valence-electron chi connectivity index (χ4n) is 3.25. The predicted octanol–water partition coefficient (Wildman–Crippen LogP) is 0.111. The standard InChI is InChI=1S/C15H22N4O/c1-18-7-4-11-10-12(2-3-13(11)18)14(15(16)20)19-8-5-17-6-9-19/h2-3,10,14,17H,4-9H2,1H3,(H2,16,20). The number of nitrogens with two attached hydrogens (primary N) is 1. The smallest absolute Gasteiger partial charge is 0.239 e. The highest BCUT2D eigenvalue weighted by molar-refractivity contribution is 5.82. The maximum atomic E-state index is 11.9. The van der Waals surface area contributed by atoms with Crippen molar-refractivity contribution >= 4 is 11.6 Å². The van der Waals surface area contributed by atoms with Crippen LogP contribution < -0.4 is 16.0 Å². The number of primary amides is 1. The average molecular weight is 274 g/mol. The van der Waals surface area contributed by atoms with Crippen LogP contribution in [0.4, 0.5) is 5.69 Å². The lowest BCUT2D eigenvalue weighted by atomic mass is 10.00. The molecule has 2 aliphatic heterocycles. The third kappa shape index (κ3) is 2.39. The highest BCUT2D eigenvalue weighted by Crippen LogP contribution is 2.31. The first-order valence-corrected chi connectivity index (χ1v) is 7.25. The number of hydrogen-bond acceptors (Lipinski definition) is 4. The lowest BCUT2D eigenvalue weighted by Crippen LogP contribution is -2.48. The molecule has 1 aromatic carbocycles. The van der Waals surface area contributed by atoms with E-state index in [0.29, 0.717) is 0 Å². The zero-order valence-electron chi connectivity index (χ0n) is 11.9. The maximum Gasteiger partial charge on any atom is 0.239 e. The first-order valence-electron chi connectivity index (χ1n) is 7.25. The Labute approximate surface area is 119 Å². The van der Waals surface area contributed by atoms with E-state index in [1.54, 1.807) is 0 Å². The zero-order chi connectivity index (χ0) is 14.1. The summed E-state index contributed by atoms with van der Waals surface area (Å²) in [6.45, 7) is 4.61. The monoisotopic (exact) mass is 274 g/mol. The first-order chi connectivity index (χ1) is 9.66. The van der Waals surface area contributed by atoms with Crippen LogP contribution in [0.25, 0.3) is 0 Å². The number of amides is 1. The molecule has 5 nitrogen and oxygen atoms in total. The van der Waals surface area contributed by atoms with Crippen molar-refractivity contribution in [2.24, 2.45) is 5.73 Å². The van der Waals surface area contributed by atoms with Gasteiger partial charge in [-0.1, -0.05) is 12.1 Å². The molecule has 0 radical (unpaired) electrons. The van der Waals surface area contributed by atoms with Crippen LogP contribution in [0.3, 0.4) is 0 Å². The number of hydrogen-bond donors (Lipinski definition) is 2. The summed E-state index contributed by atoms with van der Waals surface area (Å²) in [6, 6.07) is 6.04. The fraction of sp³-hybridized carbons (Fsp3) is 0.533. The van der Waals surface area contributed by atoms with Crippen LogP contribution in [0, 0.1) is 0 Å². The zero-order valence-corrected chi connectivity index (χ0v) is 11.9. The minimum atomic E-state index is -0.298. The summed E-state index contributed by atoms with van der Waals surface area (Å²) in [5.41, 5.74) is 9.30. The lowest BCUT2D eigenvalue weighted by molar-refractivity contribution is -0.123. The van der Waals surface area contributed by atoms with Crippen molar-refractivity contribution < 1.29 is 4.79 Å². The van der Waals surface area contributed by atoms with E-state index < -0.39 is 0 Å². The van der Waals surface area contributed by atoms with Crippen LogP contribution in [0.1, 0.15) is 17.2 Å². The highest BCUT2D eigenvalue weighted by Gasteiger charge is 2.28. The van der Waals surface area contributed by atoms with Crippen molar-refractivity contribution in [3.8, 4) is 0 Å². The number of anilines is 1. The van der Waals surface area contributed by atoms with E-state index in [-0.39, 0.29) is 11.9 Å². The number of rotatable bonds is 3. The largest absolute Gasteiger partial charge is 0.374 e. The number of nitrogens with one attached hydrogen (secondary N) is 1. The molecule has 3 N–H and O–H groups in total. The number of fused-ring (bicyclic) bond motifs is 1. The van der Waals surface area contributed by atoms with Crippen molar-refractivity contribution in [1.29, 1.82) is 0 Å². The molecule has 20 heavy (non-hydrogen) atoms. The van der Waals surface area contributed by atoms with Crippen molar-refractivity contribution in [3.05, 3.63) is 29.3 Å². The molecule has 1 fully saturated rings. The Balaban J connectivity index is 1.90. The molecule has 0 aromatic heterocycles. The van der Waals surface area contributed by atoms with Gasteiger partial charge in [0.25, 0.3) is 0 Å². The van der Waals surface area contributed by atoms with Gasteiger partial charge in [-0.05, 0) is 23.6 Å². The van der Waals surface area contributed by atoms with E-state index in [0.717, 1.165) is 44.7 Å². The van der Waals surface area contributed by atoms with Crippen LogP contribution in [-0.2, 0) is 11.2 Å². The Morgan fingerprint density at radius 3 is 2.75 bits per heavy atom. The molecule has 0 spiro atoms.